The SMILES string of the molecule is C1=Cc2cc3ccc(cc4ccc(cc5nc(cc1n2)C=C5)[nH]4)[nH]3.c1nn[nH]n1. The smallest absolute Gasteiger partial charge is 0.161 e. The fourth-order valence-electron chi connectivity index (χ4n) is 3.07. The third kappa shape index (κ3) is 4.01. The highest BCUT2D eigenvalue weighted by Gasteiger charge is 2.02. The molecule has 0 spiro atoms. The van der Waals surface area contributed by atoms with E-state index in [0.29, 0.717) is 0 Å². The van der Waals surface area contributed by atoms with Crippen molar-refractivity contribution in [3.05, 3.63) is 77.6 Å². The Kier molecular flexibility index (Phi) is 4.26. The number of H-pyrrole nitrogens is 3. The Labute approximate surface area is 165 Å². The predicted molar refractivity (Wildman–Crippen MR) is 113 cm³/mol. The number of hydrogen-bond acceptors (Lipinski definition) is 5. The molecule has 0 aliphatic carbocycles. The summed E-state index contributed by atoms with van der Waals surface area (Å²) in [5, 5.41) is 12.2. The molecule has 0 aromatic carbocycles. The third-order valence-electron chi connectivity index (χ3n) is 4.31. The summed E-state index contributed by atoms with van der Waals surface area (Å²) in [6.45, 7) is 0. The molecule has 8 nitrogen and oxygen atoms in total. The lowest BCUT2D eigenvalue weighted by Crippen LogP contribution is -1.77. The minimum Gasteiger partial charge on any atom is -0.355 e. The van der Waals surface area contributed by atoms with Crippen molar-refractivity contribution >= 4 is 46.4 Å². The van der Waals surface area contributed by atoms with Gasteiger partial charge in [0, 0.05) is 22.1 Å². The normalized spacial score (nSPS) is 11.9. The number of aromatic nitrogens is 8. The highest BCUT2D eigenvalue weighted by Crippen LogP contribution is 2.17. The molecule has 4 aromatic rings. The molecule has 2 aliphatic rings. The average molecular weight is 380 g/mol. The Morgan fingerprint density at radius 3 is 1.45 bits per heavy atom. The summed E-state index contributed by atoms with van der Waals surface area (Å²) < 4.78 is 0. The van der Waals surface area contributed by atoms with Gasteiger partial charge in [-0.1, -0.05) is 5.21 Å². The van der Waals surface area contributed by atoms with E-state index in [1.54, 1.807) is 0 Å². The van der Waals surface area contributed by atoms with Crippen LogP contribution in [0.2, 0.25) is 0 Å². The van der Waals surface area contributed by atoms with Gasteiger partial charge in [0.05, 0.1) is 22.8 Å². The Hall–Kier alpha value is -4.33. The molecule has 140 valence electrons. The van der Waals surface area contributed by atoms with E-state index in [4.69, 9.17) is 0 Å². The molecule has 0 saturated carbocycles. The van der Waals surface area contributed by atoms with Crippen molar-refractivity contribution in [3.8, 4) is 0 Å². The van der Waals surface area contributed by atoms with E-state index in [-0.39, 0.29) is 0 Å². The Bertz CT molecular complexity index is 1250. The molecule has 0 amide bonds. The maximum atomic E-state index is 4.62. The number of fused-ring (bicyclic) bond motifs is 8. The second-order valence-corrected chi connectivity index (χ2v) is 6.47. The van der Waals surface area contributed by atoms with Crippen LogP contribution in [0.4, 0.5) is 0 Å². The van der Waals surface area contributed by atoms with Crippen LogP contribution in [0, 0.1) is 0 Å². The van der Waals surface area contributed by atoms with Crippen molar-refractivity contribution in [1.29, 1.82) is 0 Å². The number of nitrogens with zero attached hydrogens (tertiary/aromatic N) is 5. The monoisotopic (exact) mass is 380 g/mol. The first-order valence-corrected chi connectivity index (χ1v) is 9.01. The molecule has 6 rings (SSSR count). The molecule has 3 N–H and O–H groups in total. The molecule has 6 heterocycles. The van der Waals surface area contributed by atoms with Crippen LogP contribution in [0.25, 0.3) is 46.4 Å². The second kappa shape index (κ2) is 7.35. The van der Waals surface area contributed by atoms with E-state index >= 15 is 0 Å². The van der Waals surface area contributed by atoms with Crippen molar-refractivity contribution in [1.82, 2.24) is 40.6 Å². The van der Waals surface area contributed by atoms with Crippen LogP contribution in [0.1, 0.15) is 22.8 Å². The van der Waals surface area contributed by atoms with Crippen molar-refractivity contribution < 1.29 is 0 Å². The molecular weight excluding hydrogens is 364 g/mol. The summed E-state index contributed by atoms with van der Waals surface area (Å²) >= 11 is 0. The van der Waals surface area contributed by atoms with Gasteiger partial charge in [0.1, 0.15) is 0 Å². The first-order valence-electron chi connectivity index (χ1n) is 9.01. The van der Waals surface area contributed by atoms with Gasteiger partial charge in [-0.3, -0.25) is 0 Å². The number of tetrazole rings is 1. The maximum Gasteiger partial charge on any atom is 0.161 e. The van der Waals surface area contributed by atoms with Crippen LogP contribution in [-0.2, 0) is 0 Å². The molecule has 8 bridgehead atoms. The zero-order valence-electron chi connectivity index (χ0n) is 15.2. The van der Waals surface area contributed by atoms with Crippen molar-refractivity contribution in [2.24, 2.45) is 0 Å². The summed E-state index contributed by atoms with van der Waals surface area (Å²) in [6, 6.07) is 16.4. The maximum absolute atomic E-state index is 4.62. The van der Waals surface area contributed by atoms with Crippen LogP contribution in [-0.4, -0.2) is 40.6 Å². The minimum absolute atomic E-state index is 0.915. The Morgan fingerprint density at radius 1 is 0.552 bits per heavy atom. The largest absolute Gasteiger partial charge is 0.355 e. The van der Waals surface area contributed by atoms with E-state index < -0.39 is 0 Å². The molecule has 0 fully saturated rings. The summed E-state index contributed by atoms with van der Waals surface area (Å²) in [4.78, 5) is 16.0. The quantitative estimate of drug-likeness (QED) is 0.370. The molecule has 0 saturated heterocycles. The summed E-state index contributed by atoms with van der Waals surface area (Å²) in [5.41, 5.74) is 7.86. The van der Waals surface area contributed by atoms with Crippen LogP contribution in [0.5, 0.6) is 0 Å². The summed E-state index contributed by atoms with van der Waals surface area (Å²) in [7, 11) is 0. The fraction of sp³-hybridized carbons (Fsp3) is 0. The molecule has 4 aromatic heterocycles. The van der Waals surface area contributed by atoms with Gasteiger partial charge in [0.2, 0.25) is 0 Å². The fourth-order valence-corrected chi connectivity index (χ4v) is 3.07. The summed E-state index contributed by atoms with van der Waals surface area (Å²) in [5.74, 6) is 0. The lowest BCUT2D eigenvalue weighted by molar-refractivity contribution is 0.881. The number of nitrogens with one attached hydrogen (secondary N) is 3. The molecule has 0 unspecified atom stereocenters. The molecule has 0 atom stereocenters. The first kappa shape index (κ1) is 16.8. The number of hydrogen-bond donors (Lipinski definition) is 3. The Balaban J connectivity index is 0.000000319. The van der Waals surface area contributed by atoms with E-state index in [0.717, 1.165) is 44.8 Å². The molecular formula is C21H16N8. The molecule has 0 radical (unpaired) electrons. The van der Waals surface area contributed by atoms with E-state index in [9.17, 15) is 0 Å². The number of rotatable bonds is 0. The highest BCUT2D eigenvalue weighted by atomic mass is 15.5. The lowest BCUT2D eigenvalue weighted by Gasteiger charge is -1.86. The second-order valence-electron chi connectivity index (χ2n) is 6.47. The lowest BCUT2D eigenvalue weighted by atomic mass is 10.3. The Morgan fingerprint density at radius 2 is 1.03 bits per heavy atom. The van der Waals surface area contributed by atoms with Gasteiger partial charge in [0.15, 0.2) is 6.33 Å². The van der Waals surface area contributed by atoms with Gasteiger partial charge in [-0.05, 0) is 72.8 Å². The topological polar surface area (TPSA) is 112 Å². The van der Waals surface area contributed by atoms with Crippen molar-refractivity contribution in [3.63, 3.8) is 0 Å². The number of aromatic amines is 3. The zero-order valence-corrected chi connectivity index (χ0v) is 15.2. The minimum atomic E-state index is 0.915. The average Bonchev–Trinajstić information content (AvgIpc) is 3.50. The molecule has 8 heteroatoms. The van der Waals surface area contributed by atoms with Gasteiger partial charge in [0.25, 0.3) is 0 Å². The van der Waals surface area contributed by atoms with Crippen LogP contribution >= 0.6 is 0 Å². The van der Waals surface area contributed by atoms with Crippen LogP contribution in [0.15, 0.2) is 54.9 Å². The van der Waals surface area contributed by atoms with Crippen molar-refractivity contribution in [2.75, 3.05) is 0 Å². The van der Waals surface area contributed by atoms with E-state index in [1.807, 2.05) is 42.5 Å². The first-order chi connectivity index (χ1) is 14.3. The van der Waals surface area contributed by atoms with Gasteiger partial charge in [-0.25, -0.2) is 9.97 Å². The standard InChI is InChI=1S/C20H14N4.CH2N4/c1-2-14-10-16-5-6-18(23-16)12-20-8-7-19(24-20)11-17-4-3-15(22-17)9-13(1)21-14;1-2-4-5-3-1/h1-12,21-22H;1H,(H,2,3,4,5). The van der Waals surface area contributed by atoms with Crippen molar-refractivity contribution in [2.45, 2.75) is 0 Å². The zero-order chi connectivity index (χ0) is 19.5. The van der Waals surface area contributed by atoms with Gasteiger partial charge in [-0.15, -0.1) is 10.2 Å². The molecule has 2 aliphatic heterocycles. The van der Waals surface area contributed by atoms with E-state index in [1.165, 1.54) is 6.33 Å². The third-order valence-corrected chi connectivity index (χ3v) is 4.31. The summed E-state index contributed by atoms with van der Waals surface area (Å²) in [6.07, 6.45) is 9.38. The van der Waals surface area contributed by atoms with Gasteiger partial charge >= 0.3 is 0 Å². The molecule has 29 heavy (non-hydrogen) atoms. The van der Waals surface area contributed by atoms with Gasteiger partial charge < -0.3 is 9.97 Å². The van der Waals surface area contributed by atoms with E-state index in [2.05, 4.69) is 70.9 Å². The predicted octanol–water partition coefficient (Wildman–Crippen LogP) is 3.86. The van der Waals surface area contributed by atoms with Crippen LogP contribution < -0.4 is 0 Å². The highest BCUT2D eigenvalue weighted by molar-refractivity contribution is 5.77. The van der Waals surface area contributed by atoms with Crippen LogP contribution in [0.3, 0.4) is 0 Å². The van der Waals surface area contributed by atoms with Gasteiger partial charge in [-0.2, -0.15) is 5.21 Å².